The molecular formula is C34H37NS. The number of rotatable bonds is 5. The van der Waals surface area contributed by atoms with Gasteiger partial charge in [0.15, 0.2) is 0 Å². The van der Waals surface area contributed by atoms with Crippen molar-refractivity contribution in [3.63, 3.8) is 0 Å². The maximum absolute atomic E-state index is 4.37. The van der Waals surface area contributed by atoms with E-state index in [2.05, 4.69) is 156 Å². The fraction of sp³-hybridized carbons (Fsp3) is 0.235. The monoisotopic (exact) mass is 491 g/mol. The molecule has 4 aromatic carbocycles. The Balaban J connectivity index is 1.68. The molecule has 0 unspecified atom stereocenters. The summed E-state index contributed by atoms with van der Waals surface area (Å²) in [6, 6.07) is 34.9. The molecule has 0 aliphatic heterocycles. The third kappa shape index (κ3) is 6.30. The van der Waals surface area contributed by atoms with Crippen LogP contribution in [0.1, 0.15) is 63.8 Å². The quantitative estimate of drug-likeness (QED) is 0.215. The maximum Gasteiger partial charge on any atom is 0.0462 e. The highest BCUT2D eigenvalue weighted by molar-refractivity contribution is 7.80. The summed E-state index contributed by atoms with van der Waals surface area (Å²) < 4.78 is 0. The predicted molar refractivity (Wildman–Crippen MR) is 161 cm³/mol. The lowest BCUT2D eigenvalue weighted by molar-refractivity contribution is 0.590. The molecule has 0 N–H and O–H groups in total. The molecule has 0 aromatic heterocycles. The fourth-order valence-electron chi connectivity index (χ4n) is 4.18. The zero-order chi connectivity index (χ0) is 25.9. The number of hydrogen-bond acceptors (Lipinski definition) is 2. The molecule has 0 atom stereocenters. The highest BCUT2D eigenvalue weighted by Gasteiger charge is 2.18. The van der Waals surface area contributed by atoms with Gasteiger partial charge >= 0.3 is 0 Å². The van der Waals surface area contributed by atoms with Gasteiger partial charge in [0.25, 0.3) is 0 Å². The summed E-state index contributed by atoms with van der Waals surface area (Å²) in [5.74, 6) is 0. The van der Waals surface area contributed by atoms with Crippen LogP contribution in [0.15, 0.2) is 102 Å². The number of benzene rings is 4. The summed E-state index contributed by atoms with van der Waals surface area (Å²) in [5.41, 5.74) is 8.69. The van der Waals surface area contributed by atoms with Crippen LogP contribution in [-0.4, -0.2) is 0 Å². The first-order valence-electron chi connectivity index (χ1n) is 12.6. The number of hydrogen-bond donors (Lipinski definition) is 1. The Kier molecular flexibility index (Phi) is 7.47. The van der Waals surface area contributed by atoms with Crippen molar-refractivity contribution in [1.82, 2.24) is 0 Å². The highest BCUT2D eigenvalue weighted by Crippen LogP contribution is 2.37. The van der Waals surface area contributed by atoms with E-state index in [1.165, 1.54) is 16.7 Å². The van der Waals surface area contributed by atoms with E-state index < -0.39 is 0 Å². The van der Waals surface area contributed by atoms with Gasteiger partial charge in [-0.15, -0.1) is 12.6 Å². The van der Waals surface area contributed by atoms with Crippen LogP contribution in [-0.2, 0) is 10.8 Å². The molecule has 0 heterocycles. The van der Waals surface area contributed by atoms with Crippen LogP contribution in [0.25, 0.3) is 12.2 Å². The normalized spacial score (nSPS) is 12.2. The van der Waals surface area contributed by atoms with Gasteiger partial charge in [0.2, 0.25) is 0 Å². The van der Waals surface area contributed by atoms with Crippen molar-refractivity contribution in [3.05, 3.63) is 119 Å². The molecule has 0 spiro atoms. The Labute approximate surface area is 222 Å². The Hall–Kier alpha value is -3.23. The molecule has 0 saturated carbocycles. The smallest absolute Gasteiger partial charge is 0.0462 e. The third-order valence-electron chi connectivity index (χ3n) is 6.50. The zero-order valence-electron chi connectivity index (χ0n) is 22.3. The van der Waals surface area contributed by atoms with Crippen molar-refractivity contribution in [2.45, 2.75) is 57.3 Å². The molecule has 0 saturated heterocycles. The van der Waals surface area contributed by atoms with Crippen LogP contribution >= 0.6 is 12.6 Å². The first-order valence-corrected chi connectivity index (χ1v) is 13.0. The van der Waals surface area contributed by atoms with Crippen LogP contribution in [0.5, 0.6) is 0 Å². The van der Waals surface area contributed by atoms with Crippen LogP contribution in [0.4, 0.5) is 17.1 Å². The molecule has 4 aromatic rings. The second-order valence-corrected chi connectivity index (χ2v) is 12.0. The van der Waals surface area contributed by atoms with Gasteiger partial charge in [-0.3, -0.25) is 0 Å². The topological polar surface area (TPSA) is 3.24 Å². The van der Waals surface area contributed by atoms with Gasteiger partial charge in [0.1, 0.15) is 0 Å². The van der Waals surface area contributed by atoms with Crippen LogP contribution in [0.3, 0.4) is 0 Å². The van der Waals surface area contributed by atoms with Gasteiger partial charge in [0.05, 0.1) is 0 Å². The zero-order valence-corrected chi connectivity index (χ0v) is 23.2. The second kappa shape index (κ2) is 10.4. The Morgan fingerprint density at radius 3 is 1.11 bits per heavy atom. The van der Waals surface area contributed by atoms with Gasteiger partial charge in [-0.25, -0.2) is 0 Å². The molecule has 0 radical (unpaired) electrons. The largest absolute Gasteiger partial charge is 0.311 e. The van der Waals surface area contributed by atoms with E-state index in [1.54, 1.807) is 0 Å². The lowest BCUT2D eigenvalue weighted by Gasteiger charge is -2.28. The second-order valence-electron chi connectivity index (χ2n) is 11.4. The van der Waals surface area contributed by atoms with E-state index in [0.29, 0.717) is 0 Å². The molecule has 184 valence electrons. The average Bonchev–Trinajstić information content (AvgIpc) is 2.84. The molecule has 0 aliphatic rings. The highest BCUT2D eigenvalue weighted by atomic mass is 32.1. The predicted octanol–water partition coefficient (Wildman–Crippen LogP) is 10.2. The minimum atomic E-state index is 0.124. The number of thiol groups is 1. The van der Waals surface area contributed by atoms with Crippen molar-refractivity contribution in [1.29, 1.82) is 0 Å². The van der Waals surface area contributed by atoms with Gasteiger partial charge in [-0.1, -0.05) is 102 Å². The van der Waals surface area contributed by atoms with Crippen molar-refractivity contribution >= 4 is 41.8 Å². The minimum Gasteiger partial charge on any atom is -0.311 e. The summed E-state index contributed by atoms with van der Waals surface area (Å²) in [5, 5.41) is 0. The molecule has 0 bridgehead atoms. The van der Waals surface area contributed by atoms with Crippen molar-refractivity contribution < 1.29 is 0 Å². The van der Waals surface area contributed by atoms with E-state index >= 15 is 0 Å². The van der Waals surface area contributed by atoms with E-state index in [0.717, 1.165) is 27.5 Å². The van der Waals surface area contributed by atoms with Gasteiger partial charge in [0, 0.05) is 22.0 Å². The molecule has 36 heavy (non-hydrogen) atoms. The summed E-state index contributed by atoms with van der Waals surface area (Å²) in [7, 11) is 0. The van der Waals surface area contributed by atoms with E-state index in [9.17, 15) is 0 Å². The molecule has 0 aliphatic carbocycles. The Bertz CT molecular complexity index is 1240. The minimum absolute atomic E-state index is 0.124. The van der Waals surface area contributed by atoms with E-state index in [-0.39, 0.29) is 10.8 Å². The summed E-state index contributed by atoms with van der Waals surface area (Å²) in [6.07, 6.45) is 4.29. The number of nitrogens with zero attached hydrogens (tertiary/aromatic N) is 1. The van der Waals surface area contributed by atoms with Crippen LogP contribution < -0.4 is 4.90 Å². The first kappa shape index (κ1) is 25.9. The van der Waals surface area contributed by atoms with Crippen LogP contribution in [0.2, 0.25) is 0 Å². The first-order chi connectivity index (χ1) is 17.0. The van der Waals surface area contributed by atoms with E-state index in [1.807, 2.05) is 12.1 Å². The van der Waals surface area contributed by atoms with Gasteiger partial charge < -0.3 is 4.90 Å². The molecule has 1 nitrogen and oxygen atoms in total. The molecular weight excluding hydrogens is 454 g/mol. The standard InChI is InChI=1S/C34H37NS/c1-33(2,3)27-13-19-30(20-14-27)35(31-21-15-28(16-22-31)34(4,5)6)29-17-9-25(10-18-29)7-8-26-11-23-32(36)24-12-26/h7-24,36H,1-6H3/b8-7-. The SMILES string of the molecule is CC(C)(C)c1ccc(N(c2ccc(/C=C\c3ccc(S)cc3)cc2)c2ccc(C(C)(C)C)cc2)cc1. The van der Waals surface area contributed by atoms with Gasteiger partial charge in [-0.2, -0.15) is 0 Å². The third-order valence-corrected chi connectivity index (χ3v) is 6.79. The lowest BCUT2D eigenvalue weighted by Crippen LogP contribution is -2.14. The van der Waals surface area contributed by atoms with Crippen molar-refractivity contribution in [3.8, 4) is 0 Å². The molecule has 4 rings (SSSR count). The average molecular weight is 492 g/mol. The maximum atomic E-state index is 4.37. The van der Waals surface area contributed by atoms with Crippen LogP contribution in [0, 0.1) is 0 Å². The molecule has 0 fully saturated rings. The van der Waals surface area contributed by atoms with Crippen molar-refractivity contribution in [2.24, 2.45) is 0 Å². The Morgan fingerprint density at radius 2 is 0.778 bits per heavy atom. The van der Waals surface area contributed by atoms with Crippen molar-refractivity contribution in [2.75, 3.05) is 4.90 Å². The Morgan fingerprint density at radius 1 is 0.472 bits per heavy atom. The lowest BCUT2D eigenvalue weighted by atomic mass is 9.86. The summed E-state index contributed by atoms with van der Waals surface area (Å²) in [6.45, 7) is 13.5. The van der Waals surface area contributed by atoms with E-state index in [4.69, 9.17) is 0 Å². The summed E-state index contributed by atoms with van der Waals surface area (Å²) >= 11 is 4.37. The molecule has 0 amide bonds. The van der Waals surface area contributed by atoms with Gasteiger partial charge in [-0.05, 0) is 81.6 Å². The molecule has 2 heteroatoms. The number of anilines is 3. The fourth-order valence-corrected chi connectivity index (χ4v) is 4.33. The summed E-state index contributed by atoms with van der Waals surface area (Å²) in [4.78, 5) is 3.31.